The van der Waals surface area contributed by atoms with Gasteiger partial charge in [0.2, 0.25) is 0 Å². The second-order valence-corrected chi connectivity index (χ2v) is 3.23. The van der Waals surface area contributed by atoms with Crippen molar-refractivity contribution in [3.05, 3.63) is 29.8 Å². The predicted molar refractivity (Wildman–Crippen MR) is 58.2 cm³/mol. The van der Waals surface area contributed by atoms with Gasteiger partial charge in [-0.05, 0) is 17.7 Å². The highest BCUT2D eigenvalue weighted by Crippen LogP contribution is 2.19. The van der Waals surface area contributed by atoms with Crippen LogP contribution in [0.4, 0.5) is 0 Å². The highest BCUT2D eigenvalue weighted by Gasteiger charge is 2.19. The van der Waals surface area contributed by atoms with E-state index in [9.17, 15) is 4.79 Å². The Labute approximate surface area is 94.4 Å². The Balaban J connectivity index is 2.88. The molecule has 0 aromatic heterocycles. The van der Waals surface area contributed by atoms with Crippen LogP contribution in [0.1, 0.15) is 11.5 Å². The Morgan fingerprint density at radius 2 is 2.00 bits per heavy atom. The second kappa shape index (κ2) is 5.89. The molecule has 0 unspecified atom stereocenters. The van der Waals surface area contributed by atoms with Gasteiger partial charge in [0.05, 0.1) is 13.2 Å². The Kier molecular flexibility index (Phi) is 4.49. The number of hydrogen-bond acceptors (Lipinski definition) is 4. The van der Waals surface area contributed by atoms with E-state index < -0.39 is 5.92 Å². The summed E-state index contributed by atoms with van der Waals surface area (Å²) in [5.74, 6) is -0.319. The van der Waals surface area contributed by atoms with Crippen LogP contribution in [-0.2, 0) is 9.53 Å². The fourth-order valence-electron chi connectivity index (χ4n) is 1.35. The SMILES string of the molecule is COCC(=O)[C@@H](C#N)c1ccc(OC)cc1. The van der Waals surface area contributed by atoms with Crippen LogP contribution in [0.3, 0.4) is 0 Å². The molecular weight excluding hydrogens is 206 g/mol. The lowest BCUT2D eigenvalue weighted by atomic mass is 9.96. The Morgan fingerprint density at radius 3 is 2.44 bits per heavy atom. The molecule has 0 aliphatic rings. The second-order valence-electron chi connectivity index (χ2n) is 3.23. The highest BCUT2D eigenvalue weighted by molar-refractivity contribution is 5.89. The smallest absolute Gasteiger partial charge is 0.179 e. The number of methoxy groups -OCH3 is 2. The summed E-state index contributed by atoms with van der Waals surface area (Å²) in [7, 11) is 2.99. The van der Waals surface area contributed by atoms with Crippen molar-refractivity contribution in [1.29, 1.82) is 5.26 Å². The van der Waals surface area contributed by atoms with Crippen molar-refractivity contribution in [2.75, 3.05) is 20.8 Å². The monoisotopic (exact) mass is 219 g/mol. The van der Waals surface area contributed by atoms with E-state index in [4.69, 9.17) is 14.7 Å². The summed E-state index contributed by atoms with van der Waals surface area (Å²) in [6, 6.07) is 8.83. The summed E-state index contributed by atoms with van der Waals surface area (Å²) in [6.07, 6.45) is 0. The van der Waals surface area contributed by atoms with Crippen molar-refractivity contribution < 1.29 is 14.3 Å². The maximum atomic E-state index is 11.6. The van der Waals surface area contributed by atoms with Gasteiger partial charge >= 0.3 is 0 Å². The molecule has 0 aliphatic heterocycles. The topological polar surface area (TPSA) is 59.3 Å². The van der Waals surface area contributed by atoms with Gasteiger partial charge in [-0.3, -0.25) is 4.79 Å². The Bertz CT molecular complexity index is 392. The lowest BCUT2D eigenvalue weighted by molar-refractivity contribution is -0.122. The van der Waals surface area contributed by atoms with Gasteiger partial charge in [0.25, 0.3) is 0 Å². The number of Topliss-reactive ketones (excluding diaryl/α,β-unsaturated/α-hetero) is 1. The average Bonchev–Trinajstić information content (AvgIpc) is 2.31. The van der Waals surface area contributed by atoms with Gasteiger partial charge in [0.15, 0.2) is 5.78 Å². The molecule has 1 aromatic rings. The first-order valence-electron chi connectivity index (χ1n) is 4.78. The van der Waals surface area contributed by atoms with Crippen LogP contribution < -0.4 is 4.74 Å². The van der Waals surface area contributed by atoms with Crippen LogP contribution in [0, 0.1) is 11.3 Å². The maximum absolute atomic E-state index is 11.6. The number of nitrogens with zero attached hydrogens (tertiary/aromatic N) is 1. The van der Waals surface area contributed by atoms with E-state index in [1.165, 1.54) is 7.11 Å². The quantitative estimate of drug-likeness (QED) is 0.753. The van der Waals surface area contributed by atoms with Gasteiger partial charge < -0.3 is 9.47 Å². The first-order valence-corrected chi connectivity index (χ1v) is 4.78. The number of ketones is 1. The first kappa shape index (κ1) is 12.2. The summed E-state index contributed by atoms with van der Waals surface area (Å²) in [4.78, 5) is 11.6. The van der Waals surface area contributed by atoms with E-state index in [-0.39, 0.29) is 12.4 Å². The van der Waals surface area contributed by atoms with Crippen LogP contribution in [0.15, 0.2) is 24.3 Å². The summed E-state index contributed by atoms with van der Waals surface area (Å²) in [5.41, 5.74) is 0.658. The highest BCUT2D eigenvalue weighted by atomic mass is 16.5. The third-order valence-electron chi connectivity index (χ3n) is 2.19. The van der Waals surface area contributed by atoms with Crippen molar-refractivity contribution in [2.24, 2.45) is 0 Å². The van der Waals surface area contributed by atoms with Gasteiger partial charge in [-0.2, -0.15) is 5.26 Å². The molecule has 0 spiro atoms. The molecule has 0 aliphatic carbocycles. The molecule has 1 rings (SSSR count). The zero-order chi connectivity index (χ0) is 12.0. The van der Waals surface area contributed by atoms with E-state index in [2.05, 4.69) is 0 Å². The fourth-order valence-corrected chi connectivity index (χ4v) is 1.35. The molecule has 0 radical (unpaired) electrons. The molecule has 0 amide bonds. The molecule has 16 heavy (non-hydrogen) atoms. The Hall–Kier alpha value is -1.86. The third-order valence-corrected chi connectivity index (χ3v) is 2.19. The number of ether oxygens (including phenoxy) is 2. The van der Waals surface area contributed by atoms with Gasteiger partial charge in [0.1, 0.15) is 18.3 Å². The minimum atomic E-state index is -0.772. The van der Waals surface area contributed by atoms with Crippen molar-refractivity contribution in [3.63, 3.8) is 0 Å². The molecule has 0 bridgehead atoms. The van der Waals surface area contributed by atoms with Crippen LogP contribution in [0.2, 0.25) is 0 Å². The van der Waals surface area contributed by atoms with Crippen LogP contribution in [-0.4, -0.2) is 26.6 Å². The number of rotatable bonds is 5. The molecule has 1 aromatic carbocycles. The lowest BCUT2D eigenvalue weighted by Gasteiger charge is -2.08. The van der Waals surface area contributed by atoms with E-state index in [0.717, 1.165) is 0 Å². The summed E-state index contributed by atoms with van der Waals surface area (Å²) < 4.78 is 9.73. The first-order chi connectivity index (χ1) is 7.72. The molecule has 84 valence electrons. The van der Waals surface area contributed by atoms with Gasteiger partial charge in [0, 0.05) is 7.11 Å². The van der Waals surface area contributed by atoms with Crippen molar-refractivity contribution in [2.45, 2.75) is 5.92 Å². The largest absolute Gasteiger partial charge is 0.497 e. The molecular formula is C12H13NO3. The summed E-state index contributed by atoms with van der Waals surface area (Å²) in [5, 5.41) is 8.95. The number of carbonyl (C=O) groups excluding carboxylic acids is 1. The van der Waals surface area contributed by atoms with Gasteiger partial charge in [-0.1, -0.05) is 12.1 Å². The van der Waals surface area contributed by atoms with Crippen molar-refractivity contribution in [1.82, 2.24) is 0 Å². The van der Waals surface area contributed by atoms with Crippen molar-refractivity contribution in [3.8, 4) is 11.8 Å². The normalized spacial score (nSPS) is 11.6. The molecule has 4 nitrogen and oxygen atoms in total. The maximum Gasteiger partial charge on any atom is 0.179 e. The van der Waals surface area contributed by atoms with Crippen molar-refractivity contribution >= 4 is 5.78 Å². The zero-order valence-corrected chi connectivity index (χ0v) is 9.27. The van der Waals surface area contributed by atoms with E-state index in [1.54, 1.807) is 31.4 Å². The van der Waals surface area contributed by atoms with E-state index in [1.807, 2.05) is 6.07 Å². The minimum absolute atomic E-state index is 0.0513. The molecule has 0 N–H and O–H groups in total. The molecule has 0 fully saturated rings. The van der Waals surface area contributed by atoms with Crippen LogP contribution in [0.25, 0.3) is 0 Å². The number of nitriles is 1. The number of carbonyl (C=O) groups is 1. The number of hydrogen-bond donors (Lipinski definition) is 0. The minimum Gasteiger partial charge on any atom is -0.497 e. The molecule has 0 saturated carbocycles. The van der Waals surface area contributed by atoms with E-state index in [0.29, 0.717) is 11.3 Å². The standard InChI is InChI=1S/C12H13NO3/c1-15-8-12(14)11(7-13)9-3-5-10(16-2)6-4-9/h3-6,11H,8H2,1-2H3/t11-/m0/s1. The fraction of sp³-hybridized carbons (Fsp3) is 0.333. The summed E-state index contributed by atoms with van der Waals surface area (Å²) in [6.45, 7) is -0.0513. The lowest BCUT2D eigenvalue weighted by Crippen LogP contribution is -2.16. The molecule has 4 heteroatoms. The average molecular weight is 219 g/mol. The van der Waals surface area contributed by atoms with Gasteiger partial charge in [-0.15, -0.1) is 0 Å². The molecule has 1 atom stereocenters. The Morgan fingerprint density at radius 1 is 1.38 bits per heavy atom. The summed E-state index contributed by atoms with van der Waals surface area (Å²) >= 11 is 0. The third kappa shape index (κ3) is 2.81. The predicted octanol–water partition coefficient (Wildman–Crippen LogP) is 1.52. The molecule has 0 heterocycles. The zero-order valence-electron chi connectivity index (χ0n) is 9.27. The van der Waals surface area contributed by atoms with Gasteiger partial charge in [-0.25, -0.2) is 0 Å². The van der Waals surface area contributed by atoms with Crippen LogP contribution >= 0.6 is 0 Å². The van der Waals surface area contributed by atoms with E-state index >= 15 is 0 Å². The van der Waals surface area contributed by atoms with Crippen LogP contribution in [0.5, 0.6) is 5.75 Å². The molecule has 0 saturated heterocycles. The number of benzene rings is 1.